The average molecular weight is 290 g/mol. The van der Waals surface area contributed by atoms with E-state index in [9.17, 15) is 5.11 Å². The third-order valence-electron chi connectivity index (χ3n) is 3.20. The van der Waals surface area contributed by atoms with Crippen LogP contribution in [0.3, 0.4) is 0 Å². The molecule has 0 amide bonds. The van der Waals surface area contributed by atoms with Crippen molar-refractivity contribution in [2.75, 3.05) is 13.1 Å². The summed E-state index contributed by atoms with van der Waals surface area (Å²) in [5, 5.41) is 15.9. The van der Waals surface area contributed by atoms with Crippen molar-refractivity contribution in [2.24, 2.45) is 5.92 Å². The van der Waals surface area contributed by atoms with Gasteiger partial charge in [-0.2, -0.15) is 0 Å². The van der Waals surface area contributed by atoms with Gasteiger partial charge in [-0.1, -0.05) is 0 Å². The maximum Gasteiger partial charge on any atom is 0.0989 e. The van der Waals surface area contributed by atoms with Gasteiger partial charge in [-0.25, -0.2) is 0 Å². The Hall–Kier alpha value is 0.1000. The van der Waals surface area contributed by atoms with Crippen LogP contribution in [-0.2, 0) is 5.60 Å². The molecule has 0 bridgehead atoms. The fourth-order valence-electron chi connectivity index (χ4n) is 2.16. The molecular weight excluding hydrogens is 274 g/mol. The van der Waals surface area contributed by atoms with E-state index in [4.69, 9.17) is 0 Å². The summed E-state index contributed by atoms with van der Waals surface area (Å²) >= 11 is 5.07. The van der Waals surface area contributed by atoms with Gasteiger partial charge >= 0.3 is 0 Å². The van der Waals surface area contributed by atoms with Gasteiger partial charge in [0.05, 0.1) is 5.60 Å². The Morgan fingerprint density at radius 2 is 2.20 bits per heavy atom. The highest BCUT2D eigenvalue weighted by Crippen LogP contribution is 2.38. The molecule has 0 aromatic carbocycles. The number of nitrogens with one attached hydrogen (secondary N) is 1. The van der Waals surface area contributed by atoms with Crippen LogP contribution < -0.4 is 5.32 Å². The Morgan fingerprint density at radius 3 is 2.73 bits per heavy atom. The molecule has 1 aliphatic heterocycles. The Morgan fingerprint density at radius 1 is 1.53 bits per heavy atom. The van der Waals surface area contributed by atoms with Crippen LogP contribution in [0.4, 0.5) is 0 Å². The molecule has 2 heterocycles. The third kappa shape index (κ3) is 2.44. The van der Waals surface area contributed by atoms with Crippen LogP contribution in [0.15, 0.2) is 15.9 Å². The van der Waals surface area contributed by atoms with Gasteiger partial charge in [-0.05, 0) is 60.8 Å². The molecule has 2 N–H and O–H groups in total. The topological polar surface area (TPSA) is 32.3 Å². The van der Waals surface area contributed by atoms with E-state index >= 15 is 0 Å². The molecule has 2 nitrogen and oxygen atoms in total. The maximum atomic E-state index is 10.6. The molecule has 1 saturated heterocycles. The van der Waals surface area contributed by atoms with Crippen LogP contribution in [0.25, 0.3) is 0 Å². The summed E-state index contributed by atoms with van der Waals surface area (Å²) in [6.45, 7) is 3.99. The molecule has 84 valence electrons. The lowest BCUT2D eigenvalue weighted by Gasteiger charge is -2.35. The number of aliphatic hydroxyl groups is 1. The predicted molar refractivity (Wildman–Crippen MR) is 67.2 cm³/mol. The second kappa shape index (κ2) is 4.53. The molecule has 1 unspecified atom stereocenters. The number of rotatable bonds is 2. The standard InChI is InChI=1S/C11H16BrNOS/c1-11(14,8-2-4-13-5-3-8)10-6-9(12)7-15-10/h6-8,13-14H,2-5H2,1H3. The Balaban J connectivity index is 2.17. The number of hydrogen-bond acceptors (Lipinski definition) is 3. The molecule has 1 aromatic heterocycles. The SMILES string of the molecule is CC(O)(c1cc(Br)cs1)C1CCNCC1. The monoisotopic (exact) mass is 289 g/mol. The van der Waals surface area contributed by atoms with Crippen molar-refractivity contribution < 1.29 is 5.11 Å². The van der Waals surface area contributed by atoms with Crippen molar-refractivity contribution in [2.45, 2.75) is 25.4 Å². The van der Waals surface area contributed by atoms with E-state index in [1.54, 1.807) is 11.3 Å². The fourth-order valence-corrected chi connectivity index (χ4v) is 3.73. The number of halogens is 1. The smallest absolute Gasteiger partial charge is 0.0989 e. The highest BCUT2D eigenvalue weighted by molar-refractivity contribution is 9.10. The molecular formula is C11H16BrNOS. The fraction of sp³-hybridized carbons (Fsp3) is 0.636. The molecule has 1 atom stereocenters. The van der Waals surface area contributed by atoms with E-state index in [0.29, 0.717) is 5.92 Å². The van der Waals surface area contributed by atoms with Gasteiger partial charge in [0, 0.05) is 14.7 Å². The first-order valence-electron chi connectivity index (χ1n) is 5.28. The zero-order valence-electron chi connectivity index (χ0n) is 8.79. The summed E-state index contributed by atoms with van der Waals surface area (Å²) in [6, 6.07) is 2.03. The normalized spacial score (nSPS) is 22.6. The van der Waals surface area contributed by atoms with Gasteiger partial charge in [0.25, 0.3) is 0 Å². The minimum Gasteiger partial charge on any atom is -0.384 e. The van der Waals surface area contributed by atoms with Crippen LogP contribution in [0, 0.1) is 5.92 Å². The zero-order chi connectivity index (χ0) is 10.9. The highest BCUT2D eigenvalue weighted by atomic mass is 79.9. The summed E-state index contributed by atoms with van der Waals surface area (Å²) in [5.74, 6) is 0.379. The summed E-state index contributed by atoms with van der Waals surface area (Å²) in [6.07, 6.45) is 2.12. The highest BCUT2D eigenvalue weighted by Gasteiger charge is 2.35. The van der Waals surface area contributed by atoms with Crippen molar-refractivity contribution in [1.82, 2.24) is 5.32 Å². The Labute approximate surface area is 103 Å². The summed E-state index contributed by atoms with van der Waals surface area (Å²) < 4.78 is 1.07. The van der Waals surface area contributed by atoms with Gasteiger partial charge in [-0.3, -0.25) is 0 Å². The summed E-state index contributed by atoms with van der Waals surface area (Å²) in [7, 11) is 0. The largest absolute Gasteiger partial charge is 0.384 e. The lowest BCUT2D eigenvalue weighted by Crippen LogP contribution is -2.39. The van der Waals surface area contributed by atoms with Crippen LogP contribution in [0.2, 0.25) is 0 Å². The lowest BCUT2D eigenvalue weighted by molar-refractivity contribution is -0.0154. The first kappa shape index (κ1) is 11.6. The van der Waals surface area contributed by atoms with E-state index in [2.05, 4.69) is 21.2 Å². The van der Waals surface area contributed by atoms with Crippen molar-refractivity contribution >= 4 is 27.3 Å². The first-order valence-corrected chi connectivity index (χ1v) is 6.95. The predicted octanol–water partition coefficient (Wildman–Crippen LogP) is 2.72. The van der Waals surface area contributed by atoms with E-state index < -0.39 is 5.60 Å². The van der Waals surface area contributed by atoms with Crippen LogP contribution in [0.5, 0.6) is 0 Å². The van der Waals surface area contributed by atoms with Crippen LogP contribution in [0.1, 0.15) is 24.6 Å². The van der Waals surface area contributed by atoms with E-state index in [1.165, 1.54) is 0 Å². The summed E-state index contributed by atoms with van der Waals surface area (Å²) in [4.78, 5) is 1.07. The minimum absolute atomic E-state index is 0.379. The second-order valence-electron chi connectivity index (χ2n) is 4.30. The van der Waals surface area contributed by atoms with Gasteiger partial charge in [-0.15, -0.1) is 11.3 Å². The first-order chi connectivity index (χ1) is 7.10. The van der Waals surface area contributed by atoms with Gasteiger partial charge in [0.1, 0.15) is 0 Å². The molecule has 1 fully saturated rings. The van der Waals surface area contributed by atoms with Crippen molar-refractivity contribution in [3.05, 3.63) is 20.8 Å². The van der Waals surface area contributed by atoms with Crippen molar-refractivity contribution in [3.8, 4) is 0 Å². The van der Waals surface area contributed by atoms with Gasteiger partial charge in [0.15, 0.2) is 0 Å². The van der Waals surface area contributed by atoms with Crippen LogP contribution >= 0.6 is 27.3 Å². The molecule has 1 aromatic rings. The quantitative estimate of drug-likeness (QED) is 0.878. The number of piperidine rings is 1. The van der Waals surface area contributed by atoms with Crippen molar-refractivity contribution in [1.29, 1.82) is 0 Å². The Kier molecular flexibility index (Phi) is 3.50. The van der Waals surface area contributed by atoms with Crippen LogP contribution in [-0.4, -0.2) is 18.2 Å². The molecule has 2 rings (SSSR count). The average Bonchev–Trinajstić information content (AvgIpc) is 2.67. The zero-order valence-corrected chi connectivity index (χ0v) is 11.2. The van der Waals surface area contributed by atoms with Gasteiger partial charge < -0.3 is 10.4 Å². The maximum absolute atomic E-state index is 10.6. The van der Waals surface area contributed by atoms with E-state index in [1.807, 2.05) is 18.4 Å². The molecule has 0 spiro atoms. The molecule has 15 heavy (non-hydrogen) atoms. The number of hydrogen-bond donors (Lipinski definition) is 2. The third-order valence-corrected chi connectivity index (χ3v) is 5.12. The van der Waals surface area contributed by atoms with E-state index in [0.717, 1.165) is 35.3 Å². The second-order valence-corrected chi connectivity index (χ2v) is 6.13. The lowest BCUT2D eigenvalue weighted by atomic mass is 9.81. The molecule has 4 heteroatoms. The van der Waals surface area contributed by atoms with Crippen molar-refractivity contribution in [3.63, 3.8) is 0 Å². The van der Waals surface area contributed by atoms with E-state index in [-0.39, 0.29) is 0 Å². The molecule has 0 saturated carbocycles. The molecule has 0 radical (unpaired) electrons. The van der Waals surface area contributed by atoms with Gasteiger partial charge in [0.2, 0.25) is 0 Å². The molecule has 0 aliphatic carbocycles. The minimum atomic E-state index is -0.668. The Bertz CT molecular complexity index is 331. The summed E-state index contributed by atoms with van der Waals surface area (Å²) in [5.41, 5.74) is -0.668. The molecule has 1 aliphatic rings. The number of thiophene rings is 1.